The summed E-state index contributed by atoms with van der Waals surface area (Å²) in [7, 11) is 0. The van der Waals surface area contributed by atoms with Gasteiger partial charge >= 0.3 is 5.97 Å². The highest BCUT2D eigenvalue weighted by Crippen LogP contribution is 2.34. The van der Waals surface area contributed by atoms with Crippen molar-refractivity contribution in [1.82, 2.24) is 0 Å². The van der Waals surface area contributed by atoms with Crippen molar-refractivity contribution in [3.63, 3.8) is 0 Å². The molecular weight excluding hydrogens is 310 g/mol. The van der Waals surface area contributed by atoms with Gasteiger partial charge in [-0.05, 0) is 71.5 Å². The topological polar surface area (TPSA) is 38.3 Å². The van der Waals surface area contributed by atoms with Crippen molar-refractivity contribution in [1.29, 1.82) is 0 Å². The lowest BCUT2D eigenvalue weighted by Gasteiger charge is -2.14. The Labute approximate surface area is 147 Å². The van der Waals surface area contributed by atoms with Crippen LogP contribution in [0, 0.1) is 6.92 Å². The van der Waals surface area contributed by atoms with Crippen LogP contribution in [0.15, 0.2) is 54.6 Å². The van der Waals surface area contributed by atoms with Crippen LogP contribution in [0.5, 0.6) is 5.75 Å². The van der Waals surface area contributed by atoms with E-state index in [9.17, 15) is 4.79 Å². The highest BCUT2D eigenvalue weighted by atomic mass is 16.5. The summed E-state index contributed by atoms with van der Waals surface area (Å²) in [5.74, 6) is 0.283. The number of hydrogen-bond donors (Lipinski definition) is 1. The number of hydrogen-bond acceptors (Lipinski definition) is 3. The van der Waals surface area contributed by atoms with E-state index >= 15 is 0 Å². The fraction of sp³-hybridized carbons (Fsp3) is 0.227. The molecule has 0 radical (unpaired) electrons. The van der Waals surface area contributed by atoms with E-state index in [4.69, 9.17) is 4.74 Å². The summed E-state index contributed by atoms with van der Waals surface area (Å²) in [6, 6.07) is 19.2. The summed E-state index contributed by atoms with van der Waals surface area (Å²) in [6.45, 7) is 3.59. The van der Waals surface area contributed by atoms with Gasteiger partial charge in [-0.3, -0.25) is 4.79 Å². The van der Waals surface area contributed by atoms with Gasteiger partial charge in [-0.15, -0.1) is 0 Å². The standard InChI is InChI=1S/C22H21NO2/c1-14-21(4-3-5-22(14)23-19-9-10-19)18-7-6-17-13-20(25-15(2)24)11-8-16(17)12-18/h3-8,11-13,19,23H,9-10H2,1-2H3. The van der Waals surface area contributed by atoms with Crippen molar-refractivity contribution in [2.45, 2.75) is 32.7 Å². The van der Waals surface area contributed by atoms with Crippen molar-refractivity contribution < 1.29 is 9.53 Å². The highest BCUT2D eigenvalue weighted by Gasteiger charge is 2.21. The number of carbonyl (C=O) groups is 1. The summed E-state index contributed by atoms with van der Waals surface area (Å²) < 4.78 is 5.17. The molecule has 0 aliphatic heterocycles. The predicted octanol–water partition coefficient (Wildman–Crippen LogP) is 5.31. The average molecular weight is 331 g/mol. The Bertz CT molecular complexity index is 957. The number of benzene rings is 3. The van der Waals surface area contributed by atoms with Crippen LogP contribution in [-0.4, -0.2) is 12.0 Å². The Kier molecular flexibility index (Phi) is 3.92. The largest absolute Gasteiger partial charge is 0.427 e. The van der Waals surface area contributed by atoms with Crippen molar-refractivity contribution in [3.05, 3.63) is 60.2 Å². The molecule has 1 fully saturated rings. The molecule has 126 valence electrons. The molecule has 1 saturated carbocycles. The first-order chi connectivity index (χ1) is 12.1. The van der Waals surface area contributed by atoms with Crippen molar-refractivity contribution in [2.24, 2.45) is 0 Å². The number of nitrogens with one attached hydrogen (secondary N) is 1. The molecule has 3 heteroatoms. The quantitative estimate of drug-likeness (QED) is 0.520. The van der Waals surface area contributed by atoms with Crippen LogP contribution in [0.1, 0.15) is 25.3 Å². The van der Waals surface area contributed by atoms with Gasteiger partial charge in [-0.2, -0.15) is 0 Å². The van der Waals surface area contributed by atoms with Gasteiger partial charge in [0.15, 0.2) is 0 Å². The second kappa shape index (κ2) is 6.25. The lowest BCUT2D eigenvalue weighted by molar-refractivity contribution is -0.131. The molecule has 3 aromatic carbocycles. The van der Waals surface area contributed by atoms with Gasteiger partial charge in [0, 0.05) is 18.7 Å². The molecule has 4 rings (SSSR count). The van der Waals surface area contributed by atoms with Crippen molar-refractivity contribution >= 4 is 22.4 Å². The normalized spacial score (nSPS) is 13.7. The van der Waals surface area contributed by atoms with Gasteiger partial charge in [0.05, 0.1) is 0 Å². The van der Waals surface area contributed by atoms with E-state index in [1.807, 2.05) is 18.2 Å². The number of rotatable bonds is 4. The lowest BCUT2D eigenvalue weighted by atomic mass is 9.96. The number of anilines is 1. The Morgan fingerprint density at radius 2 is 1.80 bits per heavy atom. The van der Waals surface area contributed by atoms with E-state index in [2.05, 4.69) is 48.6 Å². The van der Waals surface area contributed by atoms with Crippen LogP contribution in [0.2, 0.25) is 0 Å². The number of carbonyl (C=O) groups excluding carboxylic acids is 1. The fourth-order valence-electron chi connectivity index (χ4n) is 3.17. The Balaban J connectivity index is 1.70. The zero-order chi connectivity index (χ0) is 17.4. The maximum absolute atomic E-state index is 11.1. The van der Waals surface area contributed by atoms with Crippen molar-refractivity contribution in [2.75, 3.05) is 5.32 Å². The second-order valence-electron chi connectivity index (χ2n) is 6.71. The molecule has 0 amide bonds. The molecule has 3 nitrogen and oxygen atoms in total. The van der Waals surface area contributed by atoms with E-state index in [1.165, 1.54) is 42.1 Å². The minimum absolute atomic E-state index is 0.299. The summed E-state index contributed by atoms with van der Waals surface area (Å²) in [6.07, 6.45) is 2.54. The van der Waals surface area contributed by atoms with Gasteiger partial charge in [0.2, 0.25) is 0 Å². The summed E-state index contributed by atoms with van der Waals surface area (Å²) >= 11 is 0. The summed E-state index contributed by atoms with van der Waals surface area (Å²) in [5, 5.41) is 5.80. The first kappa shape index (κ1) is 15.7. The monoisotopic (exact) mass is 331 g/mol. The summed E-state index contributed by atoms with van der Waals surface area (Å²) in [4.78, 5) is 11.1. The first-order valence-electron chi connectivity index (χ1n) is 8.69. The van der Waals surface area contributed by atoms with Crippen LogP contribution in [-0.2, 0) is 4.79 Å². The minimum Gasteiger partial charge on any atom is -0.427 e. The van der Waals surface area contributed by atoms with E-state index in [0.717, 1.165) is 10.8 Å². The highest BCUT2D eigenvalue weighted by molar-refractivity contribution is 5.90. The van der Waals surface area contributed by atoms with E-state index in [-0.39, 0.29) is 5.97 Å². The Morgan fingerprint density at radius 1 is 1.04 bits per heavy atom. The van der Waals surface area contributed by atoms with Crippen LogP contribution in [0.4, 0.5) is 5.69 Å². The smallest absolute Gasteiger partial charge is 0.308 e. The number of ether oxygens (including phenoxy) is 1. The number of fused-ring (bicyclic) bond motifs is 1. The van der Waals surface area contributed by atoms with Crippen molar-refractivity contribution in [3.8, 4) is 16.9 Å². The van der Waals surface area contributed by atoms with Crippen LogP contribution in [0.25, 0.3) is 21.9 Å². The Hall–Kier alpha value is -2.81. The zero-order valence-corrected chi connectivity index (χ0v) is 14.5. The zero-order valence-electron chi connectivity index (χ0n) is 14.5. The van der Waals surface area contributed by atoms with Gasteiger partial charge < -0.3 is 10.1 Å². The molecule has 0 spiro atoms. The minimum atomic E-state index is -0.299. The lowest BCUT2D eigenvalue weighted by Crippen LogP contribution is -2.03. The number of esters is 1. The van der Waals surface area contributed by atoms with Crippen LogP contribution in [0.3, 0.4) is 0 Å². The molecule has 0 saturated heterocycles. The third-order valence-corrected chi connectivity index (χ3v) is 4.66. The first-order valence-corrected chi connectivity index (χ1v) is 8.69. The van der Waals surface area contributed by atoms with Crippen LogP contribution < -0.4 is 10.1 Å². The second-order valence-corrected chi connectivity index (χ2v) is 6.71. The molecule has 25 heavy (non-hydrogen) atoms. The van der Waals surface area contributed by atoms with E-state index in [1.54, 1.807) is 0 Å². The van der Waals surface area contributed by atoms with Gasteiger partial charge in [-0.1, -0.05) is 30.3 Å². The molecule has 1 aliphatic carbocycles. The maximum atomic E-state index is 11.1. The molecule has 3 aromatic rings. The Morgan fingerprint density at radius 3 is 2.56 bits per heavy atom. The third-order valence-electron chi connectivity index (χ3n) is 4.66. The predicted molar refractivity (Wildman–Crippen MR) is 102 cm³/mol. The molecular formula is C22H21NO2. The molecule has 0 atom stereocenters. The van der Waals surface area contributed by atoms with Crippen LogP contribution >= 0.6 is 0 Å². The molecule has 1 aliphatic rings. The third kappa shape index (κ3) is 3.36. The van der Waals surface area contributed by atoms with E-state index < -0.39 is 0 Å². The summed E-state index contributed by atoms with van der Waals surface area (Å²) in [5.41, 5.74) is 4.96. The SMILES string of the molecule is CC(=O)Oc1ccc2cc(-c3cccc(NC4CC4)c3C)ccc2c1. The van der Waals surface area contributed by atoms with E-state index in [0.29, 0.717) is 11.8 Å². The fourth-order valence-corrected chi connectivity index (χ4v) is 3.17. The average Bonchev–Trinajstić information content (AvgIpc) is 3.40. The molecule has 1 N–H and O–H groups in total. The molecule has 0 unspecified atom stereocenters. The molecule has 0 bridgehead atoms. The van der Waals surface area contributed by atoms with Gasteiger partial charge in [0.25, 0.3) is 0 Å². The van der Waals surface area contributed by atoms with Gasteiger partial charge in [0.1, 0.15) is 5.75 Å². The molecule has 0 aromatic heterocycles. The molecule has 0 heterocycles. The van der Waals surface area contributed by atoms with Gasteiger partial charge in [-0.25, -0.2) is 0 Å². The maximum Gasteiger partial charge on any atom is 0.308 e.